The van der Waals surface area contributed by atoms with Crippen molar-refractivity contribution in [3.63, 3.8) is 0 Å². The van der Waals surface area contributed by atoms with Crippen molar-refractivity contribution in [2.24, 2.45) is 0 Å². The van der Waals surface area contributed by atoms with E-state index in [1.165, 1.54) is 28.9 Å². The Morgan fingerprint density at radius 1 is 1.14 bits per heavy atom. The number of rotatable bonds is 4. The minimum atomic E-state index is -0.439. The van der Waals surface area contributed by atoms with Gasteiger partial charge in [0.05, 0.1) is 4.92 Å². The fourth-order valence-corrected chi connectivity index (χ4v) is 3.68. The number of benzene rings is 2. The van der Waals surface area contributed by atoms with Crippen LogP contribution in [-0.2, 0) is 18.6 Å². The lowest BCUT2D eigenvalue weighted by atomic mass is 10.1. The van der Waals surface area contributed by atoms with Crippen molar-refractivity contribution in [2.45, 2.75) is 29.9 Å². The molecular weight excluding hydrogens is 306 g/mol. The maximum atomic E-state index is 10.9. The summed E-state index contributed by atoms with van der Waals surface area (Å²) in [5, 5.41) is 11.1. The Hall–Kier alpha value is -1.52. The molecule has 0 atom stereocenters. The highest BCUT2D eigenvalue weighted by Crippen LogP contribution is 2.31. The van der Waals surface area contributed by atoms with Crippen molar-refractivity contribution in [2.75, 3.05) is 0 Å². The van der Waals surface area contributed by atoms with E-state index in [0.29, 0.717) is 5.75 Å². The number of thioether (sulfide) groups is 1. The average Bonchev–Trinajstić information content (AvgIpc) is 2.93. The Morgan fingerprint density at radius 3 is 2.76 bits per heavy atom. The molecule has 0 amide bonds. The van der Waals surface area contributed by atoms with Gasteiger partial charge in [-0.1, -0.05) is 23.7 Å². The predicted octanol–water partition coefficient (Wildman–Crippen LogP) is 5.03. The van der Waals surface area contributed by atoms with E-state index in [1.807, 2.05) is 6.07 Å². The Labute approximate surface area is 132 Å². The smallest absolute Gasteiger partial charge is 0.258 e. The van der Waals surface area contributed by atoms with E-state index >= 15 is 0 Å². The molecule has 0 heterocycles. The van der Waals surface area contributed by atoms with Gasteiger partial charge >= 0.3 is 0 Å². The third-order valence-corrected chi connectivity index (χ3v) is 5.07. The van der Waals surface area contributed by atoms with E-state index in [9.17, 15) is 10.1 Å². The molecule has 3 nitrogen and oxygen atoms in total. The fraction of sp³-hybridized carbons (Fsp3) is 0.250. The van der Waals surface area contributed by atoms with Gasteiger partial charge in [0.2, 0.25) is 0 Å². The van der Waals surface area contributed by atoms with Gasteiger partial charge in [0.1, 0.15) is 5.02 Å². The lowest BCUT2D eigenvalue weighted by molar-refractivity contribution is -0.384. The second-order valence-corrected chi connectivity index (χ2v) is 6.57. The highest BCUT2D eigenvalue weighted by atomic mass is 35.5. The van der Waals surface area contributed by atoms with Gasteiger partial charge in [0.15, 0.2) is 0 Å². The molecule has 2 aromatic rings. The van der Waals surface area contributed by atoms with E-state index in [2.05, 4.69) is 18.2 Å². The molecule has 3 rings (SSSR count). The molecule has 0 aliphatic heterocycles. The molecule has 0 spiro atoms. The van der Waals surface area contributed by atoms with E-state index in [1.54, 1.807) is 23.9 Å². The number of nitro benzene ring substituents is 1. The molecule has 0 bridgehead atoms. The molecule has 0 N–H and O–H groups in total. The zero-order chi connectivity index (χ0) is 14.8. The molecule has 0 unspecified atom stereocenters. The van der Waals surface area contributed by atoms with Crippen molar-refractivity contribution in [3.8, 4) is 0 Å². The Kier molecular flexibility index (Phi) is 4.17. The van der Waals surface area contributed by atoms with Gasteiger partial charge in [-0.3, -0.25) is 10.1 Å². The summed E-state index contributed by atoms with van der Waals surface area (Å²) in [5.74, 6) is 0.705. The summed E-state index contributed by atoms with van der Waals surface area (Å²) in [6, 6.07) is 11.6. The van der Waals surface area contributed by atoms with Crippen molar-refractivity contribution < 1.29 is 4.92 Å². The third kappa shape index (κ3) is 3.22. The van der Waals surface area contributed by atoms with E-state index < -0.39 is 4.92 Å². The molecule has 5 heteroatoms. The zero-order valence-electron chi connectivity index (χ0n) is 11.3. The number of nitro groups is 1. The lowest BCUT2D eigenvalue weighted by Crippen LogP contribution is -1.91. The van der Waals surface area contributed by atoms with Crippen molar-refractivity contribution in [1.29, 1.82) is 0 Å². The first-order chi connectivity index (χ1) is 10.1. The predicted molar refractivity (Wildman–Crippen MR) is 86.1 cm³/mol. The second kappa shape index (κ2) is 6.08. The van der Waals surface area contributed by atoms with Crippen LogP contribution >= 0.6 is 23.4 Å². The highest BCUT2D eigenvalue weighted by Gasteiger charge is 2.14. The van der Waals surface area contributed by atoms with Gasteiger partial charge in [0.25, 0.3) is 5.69 Å². The van der Waals surface area contributed by atoms with Crippen LogP contribution in [-0.4, -0.2) is 4.92 Å². The summed E-state index contributed by atoms with van der Waals surface area (Å²) in [4.78, 5) is 11.7. The minimum Gasteiger partial charge on any atom is -0.258 e. The minimum absolute atomic E-state index is 0.0243. The monoisotopic (exact) mass is 319 g/mol. The van der Waals surface area contributed by atoms with Crippen LogP contribution in [0, 0.1) is 10.1 Å². The van der Waals surface area contributed by atoms with Crippen molar-refractivity contribution >= 4 is 29.1 Å². The first-order valence-corrected chi connectivity index (χ1v) is 8.17. The molecule has 2 aromatic carbocycles. The van der Waals surface area contributed by atoms with Gasteiger partial charge in [-0.2, -0.15) is 0 Å². The van der Waals surface area contributed by atoms with Crippen LogP contribution in [0.25, 0.3) is 0 Å². The number of fused-ring (bicyclic) bond motifs is 1. The van der Waals surface area contributed by atoms with Crippen LogP contribution in [0.15, 0.2) is 41.3 Å². The van der Waals surface area contributed by atoms with Crippen molar-refractivity contribution in [1.82, 2.24) is 0 Å². The van der Waals surface area contributed by atoms with Gasteiger partial charge in [-0.15, -0.1) is 11.8 Å². The molecule has 1 aliphatic carbocycles. The Bertz CT molecular complexity index is 703. The summed E-state index contributed by atoms with van der Waals surface area (Å²) in [6.45, 7) is 0. The standard InChI is InChI=1S/C16H14ClNO2S/c17-15-7-4-11(8-16(15)18(19)20)10-21-14-6-5-12-2-1-3-13(12)9-14/h4-9H,1-3,10H2. The molecule has 0 radical (unpaired) electrons. The normalized spacial score (nSPS) is 13.2. The topological polar surface area (TPSA) is 43.1 Å². The molecule has 21 heavy (non-hydrogen) atoms. The van der Waals surface area contributed by atoms with Crippen molar-refractivity contribution in [3.05, 3.63) is 68.2 Å². The summed E-state index contributed by atoms with van der Waals surface area (Å²) in [5.41, 5.74) is 3.80. The molecule has 0 aromatic heterocycles. The summed E-state index contributed by atoms with van der Waals surface area (Å²) in [7, 11) is 0. The highest BCUT2D eigenvalue weighted by molar-refractivity contribution is 7.98. The van der Waals surface area contributed by atoms with Crippen LogP contribution in [0.3, 0.4) is 0 Å². The van der Waals surface area contributed by atoms with Gasteiger partial charge in [0, 0.05) is 16.7 Å². The molecule has 0 saturated carbocycles. The fourth-order valence-electron chi connectivity index (χ4n) is 2.59. The van der Waals surface area contributed by atoms with E-state index in [0.717, 1.165) is 12.0 Å². The van der Waals surface area contributed by atoms with Crippen LogP contribution in [0.4, 0.5) is 5.69 Å². The largest absolute Gasteiger partial charge is 0.288 e. The quantitative estimate of drug-likeness (QED) is 0.451. The molecular formula is C16H14ClNO2S. The average molecular weight is 320 g/mol. The van der Waals surface area contributed by atoms with Crippen LogP contribution in [0.1, 0.15) is 23.1 Å². The first kappa shape index (κ1) is 14.4. The second-order valence-electron chi connectivity index (χ2n) is 5.12. The number of aryl methyl sites for hydroxylation is 2. The van der Waals surface area contributed by atoms with Crippen LogP contribution < -0.4 is 0 Å². The number of nitrogens with zero attached hydrogens (tertiary/aromatic N) is 1. The maximum absolute atomic E-state index is 10.9. The molecule has 0 saturated heterocycles. The zero-order valence-corrected chi connectivity index (χ0v) is 12.9. The third-order valence-electron chi connectivity index (χ3n) is 3.68. The van der Waals surface area contributed by atoms with Gasteiger partial charge < -0.3 is 0 Å². The van der Waals surface area contributed by atoms with Gasteiger partial charge in [-0.25, -0.2) is 0 Å². The summed E-state index contributed by atoms with van der Waals surface area (Å²) >= 11 is 7.52. The number of hydrogen-bond donors (Lipinski definition) is 0. The van der Waals surface area contributed by atoms with Crippen LogP contribution in [0.5, 0.6) is 0 Å². The Morgan fingerprint density at radius 2 is 1.95 bits per heavy atom. The van der Waals surface area contributed by atoms with Gasteiger partial charge in [-0.05, 0) is 54.2 Å². The van der Waals surface area contributed by atoms with E-state index in [4.69, 9.17) is 11.6 Å². The number of halogens is 1. The lowest BCUT2D eigenvalue weighted by Gasteiger charge is -2.05. The Balaban J connectivity index is 1.73. The van der Waals surface area contributed by atoms with E-state index in [-0.39, 0.29) is 10.7 Å². The molecule has 108 valence electrons. The molecule has 1 aliphatic rings. The molecule has 0 fully saturated rings. The SMILES string of the molecule is O=[N+]([O-])c1cc(CSc2ccc3c(c2)CCC3)ccc1Cl. The summed E-state index contributed by atoms with van der Waals surface area (Å²) in [6.07, 6.45) is 3.59. The number of hydrogen-bond acceptors (Lipinski definition) is 3. The van der Waals surface area contributed by atoms with Crippen LogP contribution in [0.2, 0.25) is 5.02 Å². The maximum Gasteiger partial charge on any atom is 0.288 e. The summed E-state index contributed by atoms with van der Waals surface area (Å²) < 4.78 is 0. The first-order valence-electron chi connectivity index (χ1n) is 6.81.